The normalized spacial score (nSPS) is 20.6. The quantitative estimate of drug-likeness (QED) is 0.439. The third kappa shape index (κ3) is 3.26. The second kappa shape index (κ2) is 8.31. The lowest BCUT2D eigenvalue weighted by molar-refractivity contribution is -0.148. The van der Waals surface area contributed by atoms with Crippen LogP contribution in [0.1, 0.15) is 41.5 Å². The Morgan fingerprint density at radius 3 is 2.58 bits per heavy atom. The van der Waals surface area contributed by atoms with Crippen LogP contribution in [0.2, 0.25) is 0 Å². The fourth-order valence-electron chi connectivity index (χ4n) is 5.99. The predicted molar refractivity (Wildman–Crippen MR) is 133 cm³/mol. The largest absolute Gasteiger partial charge is 0.486 e. The summed E-state index contributed by atoms with van der Waals surface area (Å²) in [5.74, 6) is 0.752. The zero-order valence-electron chi connectivity index (χ0n) is 20.3. The summed E-state index contributed by atoms with van der Waals surface area (Å²) in [4.78, 5) is 33.6. The number of esters is 1. The predicted octanol–water partition coefficient (Wildman–Crippen LogP) is 2.15. The minimum atomic E-state index is -0.422. The summed E-state index contributed by atoms with van der Waals surface area (Å²) in [6.07, 6.45) is 0.588. The molecular formula is C27H28N4O5. The molecule has 0 amide bonds. The highest BCUT2D eigenvalue weighted by molar-refractivity contribution is 5.91. The summed E-state index contributed by atoms with van der Waals surface area (Å²) < 4.78 is 18.9. The topological polar surface area (TPSA) is 94.9 Å². The summed E-state index contributed by atoms with van der Waals surface area (Å²) >= 11 is 0. The van der Waals surface area contributed by atoms with Gasteiger partial charge in [0.25, 0.3) is 5.56 Å². The van der Waals surface area contributed by atoms with Crippen molar-refractivity contribution in [2.75, 3.05) is 39.4 Å². The Morgan fingerprint density at radius 1 is 1.03 bits per heavy atom. The van der Waals surface area contributed by atoms with Crippen LogP contribution in [0.25, 0.3) is 22.3 Å². The van der Waals surface area contributed by atoms with Gasteiger partial charge in [0.2, 0.25) is 0 Å². The SMILES string of the molecule is CCC1C(=O)OCc2c1cc1n(c2=O)Cc2c-1nc1cc3c(cc1c2CN1CCNCC1)OCCO3. The number of carbonyl (C=O) groups excluding carboxylic acids is 1. The fourth-order valence-corrected chi connectivity index (χ4v) is 5.99. The van der Waals surface area contributed by atoms with Crippen molar-refractivity contribution in [3.63, 3.8) is 0 Å². The lowest BCUT2D eigenvalue weighted by Crippen LogP contribution is -2.43. The molecule has 0 spiro atoms. The number of carbonyl (C=O) groups is 1. The van der Waals surface area contributed by atoms with E-state index in [1.54, 1.807) is 4.57 Å². The van der Waals surface area contributed by atoms with Gasteiger partial charge in [0.15, 0.2) is 11.5 Å². The number of piperazine rings is 1. The molecule has 1 aromatic carbocycles. The van der Waals surface area contributed by atoms with Crippen molar-refractivity contribution in [1.29, 1.82) is 0 Å². The van der Waals surface area contributed by atoms with Crippen molar-refractivity contribution < 1.29 is 19.0 Å². The van der Waals surface area contributed by atoms with E-state index in [4.69, 9.17) is 19.2 Å². The number of cyclic esters (lactones) is 1. The molecule has 3 aromatic rings. The Balaban J connectivity index is 1.45. The van der Waals surface area contributed by atoms with Gasteiger partial charge in [-0.1, -0.05) is 6.92 Å². The van der Waals surface area contributed by atoms with Gasteiger partial charge in [-0.05, 0) is 29.7 Å². The van der Waals surface area contributed by atoms with Crippen molar-refractivity contribution >= 4 is 16.9 Å². The maximum atomic E-state index is 13.6. The molecule has 1 fully saturated rings. The minimum Gasteiger partial charge on any atom is -0.486 e. The van der Waals surface area contributed by atoms with Crippen molar-refractivity contribution in [3.8, 4) is 22.9 Å². The van der Waals surface area contributed by atoms with Crippen LogP contribution >= 0.6 is 0 Å². The molecule has 6 heterocycles. The number of nitrogens with zero attached hydrogens (tertiary/aromatic N) is 3. The molecular weight excluding hydrogens is 460 g/mol. The molecule has 0 saturated carbocycles. The van der Waals surface area contributed by atoms with E-state index in [1.807, 2.05) is 25.1 Å². The summed E-state index contributed by atoms with van der Waals surface area (Å²) in [6, 6.07) is 6.00. The fraction of sp³-hybridized carbons (Fsp3) is 0.444. The van der Waals surface area contributed by atoms with E-state index in [1.165, 1.54) is 5.56 Å². The molecule has 0 bridgehead atoms. The molecule has 0 aliphatic carbocycles. The number of fused-ring (bicyclic) bond motifs is 6. The van der Waals surface area contributed by atoms with Gasteiger partial charge in [0, 0.05) is 49.7 Å². The highest BCUT2D eigenvalue weighted by atomic mass is 16.6. The lowest BCUT2D eigenvalue weighted by Gasteiger charge is -2.28. The van der Waals surface area contributed by atoms with Crippen LogP contribution in [-0.2, 0) is 29.2 Å². The van der Waals surface area contributed by atoms with Gasteiger partial charge in [-0.3, -0.25) is 14.5 Å². The molecule has 0 radical (unpaired) electrons. The molecule has 1 saturated heterocycles. The average Bonchev–Trinajstić information content (AvgIpc) is 3.27. The Kier molecular flexibility index (Phi) is 5.04. The lowest BCUT2D eigenvalue weighted by atomic mass is 9.90. The highest BCUT2D eigenvalue weighted by Gasteiger charge is 2.35. The second-order valence-corrected chi connectivity index (χ2v) is 9.88. The first-order chi connectivity index (χ1) is 17.6. The number of benzene rings is 1. The van der Waals surface area contributed by atoms with E-state index in [0.29, 0.717) is 37.5 Å². The molecule has 4 aliphatic heterocycles. The average molecular weight is 489 g/mol. The Labute approximate surface area is 208 Å². The van der Waals surface area contributed by atoms with Gasteiger partial charge < -0.3 is 24.1 Å². The van der Waals surface area contributed by atoms with Crippen LogP contribution in [0, 0.1) is 0 Å². The molecule has 9 nitrogen and oxygen atoms in total. The molecule has 2 aromatic heterocycles. The van der Waals surface area contributed by atoms with Gasteiger partial charge in [0.1, 0.15) is 19.8 Å². The minimum absolute atomic E-state index is 0.0323. The van der Waals surface area contributed by atoms with E-state index >= 15 is 0 Å². The third-order valence-electron chi connectivity index (χ3n) is 7.88. The molecule has 1 N–H and O–H groups in total. The standard InChI is InChI=1S/C27H28N4O5/c1-2-15-16-9-22-25-19(13-31(22)26(32)20(16)14-36-27(15)33)18(12-30-5-3-28-4-6-30)17-10-23-24(11-21(17)29-25)35-8-7-34-23/h9-11,15,28H,2-8,12-14H2,1H3. The Hall–Kier alpha value is -3.43. The molecule has 7 rings (SSSR count). The summed E-state index contributed by atoms with van der Waals surface area (Å²) in [7, 11) is 0. The molecule has 36 heavy (non-hydrogen) atoms. The highest BCUT2D eigenvalue weighted by Crippen LogP contribution is 2.42. The summed E-state index contributed by atoms with van der Waals surface area (Å²) in [6.45, 7) is 8.07. The molecule has 4 aliphatic rings. The van der Waals surface area contributed by atoms with Crippen molar-refractivity contribution in [2.45, 2.75) is 39.0 Å². The van der Waals surface area contributed by atoms with Crippen molar-refractivity contribution in [1.82, 2.24) is 19.8 Å². The van der Waals surface area contributed by atoms with E-state index in [9.17, 15) is 9.59 Å². The first-order valence-corrected chi connectivity index (χ1v) is 12.7. The van der Waals surface area contributed by atoms with Crippen molar-refractivity contribution in [3.05, 3.63) is 50.8 Å². The van der Waals surface area contributed by atoms with E-state index in [2.05, 4.69) is 10.2 Å². The van der Waals surface area contributed by atoms with Gasteiger partial charge in [-0.25, -0.2) is 4.98 Å². The zero-order chi connectivity index (χ0) is 24.4. The Bertz CT molecular complexity index is 1470. The monoisotopic (exact) mass is 488 g/mol. The third-order valence-corrected chi connectivity index (χ3v) is 7.88. The number of hydrogen-bond acceptors (Lipinski definition) is 8. The molecule has 1 unspecified atom stereocenters. The number of hydrogen-bond donors (Lipinski definition) is 1. The first kappa shape index (κ1) is 21.8. The number of nitrogens with one attached hydrogen (secondary N) is 1. The summed E-state index contributed by atoms with van der Waals surface area (Å²) in [5.41, 5.74) is 5.95. The van der Waals surface area contributed by atoms with Gasteiger partial charge >= 0.3 is 5.97 Å². The van der Waals surface area contributed by atoms with Gasteiger partial charge in [-0.15, -0.1) is 0 Å². The maximum Gasteiger partial charge on any atom is 0.313 e. The second-order valence-electron chi connectivity index (χ2n) is 9.88. The Morgan fingerprint density at radius 2 is 1.81 bits per heavy atom. The first-order valence-electron chi connectivity index (χ1n) is 12.7. The van der Waals surface area contributed by atoms with Crippen LogP contribution in [0.4, 0.5) is 0 Å². The van der Waals surface area contributed by atoms with Crippen LogP contribution in [-0.4, -0.2) is 59.8 Å². The number of rotatable bonds is 3. The van der Waals surface area contributed by atoms with Gasteiger partial charge in [0.05, 0.1) is 34.9 Å². The van der Waals surface area contributed by atoms with Gasteiger partial charge in [-0.2, -0.15) is 0 Å². The van der Waals surface area contributed by atoms with Crippen molar-refractivity contribution in [2.24, 2.45) is 0 Å². The number of aromatic nitrogens is 2. The number of pyridine rings is 2. The smallest absolute Gasteiger partial charge is 0.313 e. The van der Waals surface area contributed by atoms with E-state index in [0.717, 1.165) is 71.9 Å². The number of ether oxygens (including phenoxy) is 3. The maximum absolute atomic E-state index is 13.6. The molecule has 9 heteroatoms. The van der Waals surface area contributed by atoms with Crippen LogP contribution < -0.4 is 20.3 Å². The molecule has 1 atom stereocenters. The zero-order valence-corrected chi connectivity index (χ0v) is 20.3. The van der Waals surface area contributed by atoms with Crippen LogP contribution in [0.3, 0.4) is 0 Å². The van der Waals surface area contributed by atoms with Crippen LogP contribution in [0.5, 0.6) is 11.5 Å². The van der Waals surface area contributed by atoms with E-state index < -0.39 is 5.92 Å². The van der Waals surface area contributed by atoms with Crippen LogP contribution in [0.15, 0.2) is 23.0 Å². The van der Waals surface area contributed by atoms with E-state index in [-0.39, 0.29) is 18.1 Å². The summed E-state index contributed by atoms with van der Waals surface area (Å²) in [5, 5.41) is 4.46. The molecule has 186 valence electrons.